The quantitative estimate of drug-likeness (QED) is 0.807. The second kappa shape index (κ2) is 5.04. The normalized spacial score (nSPS) is 10.5. The average molecular weight is 230 g/mol. The Labute approximate surface area is 102 Å². The molecule has 2 rings (SSSR count). The molecule has 1 aromatic heterocycles. The van der Waals surface area contributed by atoms with E-state index < -0.39 is 0 Å². The number of aromatic nitrogens is 2. The van der Waals surface area contributed by atoms with Crippen LogP contribution in [0.3, 0.4) is 0 Å². The van der Waals surface area contributed by atoms with Crippen LogP contribution in [0.1, 0.15) is 23.6 Å². The smallest absolute Gasteiger partial charge is 0.215 e. The summed E-state index contributed by atoms with van der Waals surface area (Å²) in [5, 5.41) is 4.25. The molecule has 0 saturated carbocycles. The third-order valence-corrected chi connectivity index (χ3v) is 2.76. The predicted molar refractivity (Wildman–Crippen MR) is 68.1 cm³/mol. The zero-order chi connectivity index (χ0) is 12.3. The van der Waals surface area contributed by atoms with Gasteiger partial charge in [-0.05, 0) is 26.3 Å². The molecule has 0 amide bonds. The number of hydrogen-bond acceptors (Lipinski definition) is 2. The summed E-state index contributed by atoms with van der Waals surface area (Å²) in [4.78, 5) is 0. The Hall–Kier alpha value is -1.77. The van der Waals surface area contributed by atoms with Crippen molar-refractivity contribution in [2.45, 2.75) is 33.9 Å². The minimum absolute atomic E-state index is 0.590. The molecular formula is C14H18N2O. The van der Waals surface area contributed by atoms with Crippen molar-refractivity contribution in [2.75, 3.05) is 0 Å². The number of aryl methyl sites for hydroxylation is 3. The maximum atomic E-state index is 5.83. The maximum Gasteiger partial charge on any atom is 0.215 e. The summed E-state index contributed by atoms with van der Waals surface area (Å²) in [7, 11) is 0. The first-order valence-electron chi connectivity index (χ1n) is 5.91. The van der Waals surface area contributed by atoms with E-state index in [2.05, 4.69) is 43.2 Å². The van der Waals surface area contributed by atoms with Crippen LogP contribution in [0.2, 0.25) is 0 Å². The monoisotopic (exact) mass is 230 g/mol. The van der Waals surface area contributed by atoms with Gasteiger partial charge < -0.3 is 4.74 Å². The Bertz CT molecular complexity index is 485. The summed E-state index contributed by atoms with van der Waals surface area (Å²) in [6.07, 6.45) is 1.84. The fraction of sp³-hybridized carbons (Fsp3) is 0.357. The molecule has 3 nitrogen and oxygen atoms in total. The Kier molecular flexibility index (Phi) is 3.47. The lowest BCUT2D eigenvalue weighted by Gasteiger charge is -2.09. The molecule has 1 heterocycles. The van der Waals surface area contributed by atoms with Crippen molar-refractivity contribution in [2.24, 2.45) is 0 Å². The van der Waals surface area contributed by atoms with E-state index in [0.717, 1.165) is 18.0 Å². The lowest BCUT2D eigenvalue weighted by Crippen LogP contribution is -2.04. The lowest BCUT2D eigenvalue weighted by atomic mass is 10.2. The molecule has 0 unspecified atom stereocenters. The van der Waals surface area contributed by atoms with E-state index in [-0.39, 0.29) is 0 Å². The van der Waals surface area contributed by atoms with Crippen LogP contribution >= 0.6 is 0 Å². The van der Waals surface area contributed by atoms with Gasteiger partial charge in [-0.15, -0.1) is 0 Å². The van der Waals surface area contributed by atoms with Crippen molar-refractivity contribution in [3.63, 3.8) is 0 Å². The van der Waals surface area contributed by atoms with Crippen LogP contribution in [0.5, 0.6) is 5.88 Å². The first-order chi connectivity index (χ1) is 8.20. The van der Waals surface area contributed by atoms with Crippen molar-refractivity contribution in [1.82, 2.24) is 9.78 Å². The molecule has 0 bridgehead atoms. The van der Waals surface area contributed by atoms with Crippen LogP contribution in [0.15, 0.2) is 30.5 Å². The Morgan fingerprint density at radius 2 is 1.88 bits per heavy atom. The molecule has 0 radical (unpaired) electrons. The largest absolute Gasteiger partial charge is 0.473 e. The highest BCUT2D eigenvalue weighted by Gasteiger charge is 2.07. The summed E-state index contributed by atoms with van der Waals surface area (Å²) < 4.78 is 7.70. The highest BCUT2D eigenvalue weighted by atomic mass is 16.5. The van der Waals surface area contributed by atoms with Gasteiger partial charge in [0.2, 0.25) is 5.88 Å². The van der Waals surface area contributed by atoms with Crippen molar-refractivity contribution in [3.05, 3.63) is 47.2 Å². The molecule has 0 aliphatic rings. The molecule has 0 aliphatic heterocycles. The van der Waals surface area contributed by atoms with E-state index in [1.54, 1.807) is 0 Å². The number of ether oxygens (including phenoxy) is 1. The van der Waals surface area contributed by atoms with Gasteiger partial charge in [-0.3, -0.25) is 0 Å². The van der Waals surface area contributed by atoms with Crippen LogP contribution in [0.25, 0.3) is 0 Å². The zero-order valence-corrected chi connectivity index (χ0v) is 10.6. The summed E-state index contributed by atoms with van der Waals surface area (Å²) in [5.41, 5.74) is 3.53. The standard InChI is InChI=1S/C14H18N2O/c1-4-16-14(12(3)9-15-16)17-10-13-7-5-11(2)6-8-13/h5-9H,4,10H2,1-3H3. The molecule has 0 aliphatic carbocycles. The van der Waals surface area contributed by atoms with Gasteiger partial charge in [-0.25, -0.2) is 4.68 Å². The number of nitrogens with zero attached hydrogens (tertiary/aromatic N) is 2. The molecule has 0 spiro atoms. The van der Waals surface area contributed by atoms with E-state index in [1.165, 1.54) is 11.1 Å². The van der Waals surface area contributed by atoms with Gasteiger partial charge in [0.05, 0.1) is 6.20 Å². The number of rotatable bonds is 4. The van der Waals surface area contributed by atoms with E-state index in [0.29, 0.717) is 6.61 Å². The first-order valence-corrected chi connectivity index (χ1v) is 5.91. The summed E-state index contributed by atoms with van der Waals surface area (Å²) >= 11 is 0. The van der Waals surface area contributed by atoms with E-state index >= 15 is 0 Å². The van der Waals surface area contributed by atoms with Crippen LogP contribution in [0.4, 0.5) is 0 Å². The molecule has 3 heteroatoms. The second-order valence-electron chi connectivity index (χ2n) is 4.22. The number of hydrogen-bond donors (Lipinski definition) is 0. The minimum atomic E-state index is 0.590. The Morgan fingerprint density at radius 1 is 1.18 bits per heavy atom. The lowest BCUT2D eigenvalue weighted by molar-refractivity contribution is 0.272. The molecule has 1 aromatic carbocycles. The van der Waals surface area contributed by atoms with Gasteiger partial charge in [0.25, 0.3) is 0 Å². The van der Waals surface area contributed by atoms with Crippen LogP contribution in [-0.4, -0.2) is 9.78 Å². The zero-order valence-electron chi connectivity index (χ0n) is 10.6. The van der Waals surface area contributed by atoms with Gasteiger partial charge in [-0.1, -0.05) is 29.8 Å². The van der Waals surface area contributed by atoms with Crippen molar-refractivity contribution in [3.8, 4) is 5.88 Å². The van der Waals surface area contributed by atoms with Gasteiger partial charge in [-0.2, -0.15) is 5.10 Å². The van der Waals surface area contributed by atoms with Crippen molar-refractivity contribution < 1.29 is 4.74 Å². The van der Waals surface area contributed by atoms with Crippen molar-refractivity contribution in [1.29, 1.82) is 0 Å². The van der Waals surface area contributed by atoms with E-state index in [9.17, 15) is 0 Å². The minimum Gasteiger partial charge on any atom is -0.473 e. The number of benzene rings is 1. The third-order valence-electron chi connectivity index (χ3n) is 2.76. The van der Waals surface area contributed by atoms with Gasteiger partial charge >= 0.3 is 0 Å². The molecule has 0 atom stereocenters. The second-order valence-corrected chi connectivity index (χ2v) is 4.22. The third kappa shape index (κ3) is 2.67. The van der Waals surface area contributed by atoms with Gasteiger partial charge in [0.1, 0.15) is 6.61 Å². The van der Waals surface area contributed by atoms with Crippen LogP contribution < -0.4 is 4.74 Å². The van der Waals surface area contributed by atoms with Gasteiger partial charge in [0.15, 0.2) is 0 Å². The SMILES string of the molecule is CCn1ncc(C)c1OCc1ccc(C)cc1. The molecule has 0 N–H and O–H groups in total. The first kappa shape index (κ1) is 11.7. The topological polar surface area (TPSA) is 27.1 Å². The average Bonchev–Trinajstić information content (AvgIpc) is 2.69. The molecule has 0 saturated heterocycles. The molecule has 90 valence electrons. The molecule has 2 aromatic rings. The van der Waals surface area contributed by atoms with Crippen LogP contribution in [0, 0.1) is 13.8 Å². The highest BCUT2D eigenvalue weighted by molar-refractivity contribution is 5.24. The van der Waals surface area contributed by atoms with E-state index in [1.807, 2.05) is 17.8 Å². The molecular weight excluding hydrogens is 212 g/mol. The van der Waals surface area contributed by atoms with E-state index in [4.69, 9.17) is 4.74 Å². The summed E-state index contributed by atoms with van der Waals surface area (Å²) in [6.45, 7) is 7.58. The highest BCUT2D eigenvalue weighted by Crippen LogP contribution is 2.18. The molecule has 17 heavy (non-hydrogen) atoms. The predicted octanol–water partition coefficient (Wildman–Crippen LogP) is 3.10. The summed E-state index contributed by atoms with van der Waals surface area (Å²) in [6, 6.07) is 8.39. The van der Waals surface area contributed by atoms with Crippen LogP contribution in [-0.2, 0) is 13.2 Å². The molecule has 0 fully saturated rings. The summed E-state index contributed by atoms with van der Waals surface area (Å²) in [5.74, 6) is 0.869. The Balaban J connectivity index is 2.06. The fourth-order valence-electron chi connectivity index (χ4n) is 1.72. The fourth-order valence-corrected chi connectivity index (χ4v) is 1.72. The maximum absolute atomic E-state index is 5.83. The Morgan fingerprint density at radius 3 is 2.53 bits per heavy atom. The van der Waals surface area contributed by atoms with Crippen molar-refractivity contribution >= 4 is 0 Å². The van der Waals surface area contributed by atoms with Gasteiger partial charge in [0, 0.05) is 12.1 Å².